The number of aromatic nitrogens is 1. The van der Waals surface area contributed by atoms with Gasteiger partial charge in [-0.05, 0) is 24.6 Å². The van der Waals surface area contributed by atoms with Crippen LogP contribution >= 0.6 is 0 Å². The minimum Gasteiger partial charge on any atom is -0.488 e. The number of hydrogen-bond donors (Lipinski definition) is 3. The highest BCUT2D eigenvalue weighted by molar-refractivity contribution is 7.89. The number of nitrogens with zero attached hydrogens (tertiary/aromatic N) is 2. The summed E-state index contributed by atoms with van der Waals surface area (Å²) in [5.41, 5.74) is -2.96. The highest BCUT2D eigenvalue weighted by Crippen LogP contribution is 2.37. The third-order valence-corrected chi connectivity index (χ3v) is 7.80. The fourth-order valence-electron chi connectivity index (χ4n) is 4.38. The first kappa shape index (κ1) is 29.2. The predicted octanol–water partition coefficient (Wildman–Crippen LogP) is 1.67. The maximum atomic E-state index is 13.6. The fourth-order valence-corrected chi connectivity index (χ4v) is 5.98. The third-order valence-electron chi connectivity index (χ3n) is 6.22. The van der Waals surface area contributed by atoms with E-state index in [2.05, 4.69) is 10.0 Å². The quantitative estimate of drug-likeness (QED) is 0.362. The van der Waals surface area contributed by atoms with Crippen LogP contribution in [0.1, 0.15) is 28.9 Å². The van der Waals surface area contributed by atoms with Crippen molar-refractivity contribution >= 4 is 33.4 Å². The standard InChI is InChI=1S/C22H21F6N5O6S/c1-32-7-14-16(15(32)18(34)30-11-2-3-13(23)12(6-11)17(24)25)39-10-21(31-40(14,37)38)4-5-33(9-21)20(36)19(35)29-8-22(26,27)28/h2-3,6-7,17,31H,4-5,8-10H2,1H3,(H,29,35)(H,30,34)/t21-/m0/s1. The summed E-state index contributed by atoms with van der Waals surface area (Å²) in [6, 6.07) is 2.49. The summed E-state index contributed by atoms with van der Waals surface area (Å²) in [7, 11) is -3.09. The highest BCUT2D eigenvalue weighted by atomic mass is 32.2. The van der Waals surface area contributed by atoms with E-state index in [4.69, 9.17) is 4.74 Å². The molecule has 0 saturated carbocycles. The number of halogens is 6. The monoisotopic (exact) mass is 597 g/mol. The number of alkyl halides is 5. The molecule has 2 aliphatic heterocycles. The number of amides is 3. The van der Waals surface area contributed by atoms with Crippen LogP contribution in [0.25, 0.3) is 0 Å². The zero-order valence-electron chi connectivity index (χ0n) is 20.4. The van der Waals surface area contributed by atoms with Gasteiger partial charge < -0.3 is 24.8 Å². The van der Waals surface area contributed by atoms with Crippen LogP contribution in [0.2, 0.25) is 0 Å². The molecule has 1 atom stereocenters. The van der Waals surface area contributed by atoms with Gasteiger partial charge in [0.1, 0.15) is 23.9 Å². The third kappa shape index (κ3) is 5.86. The van der Waals surface area contributed by atoms with Gasteiger partial charge in [-0.1, -0.05) is 0 Å². The van der Waals surface area contributed by atoms with Crippen molar-refractivity contribution in [3.63, 3.8) is 0 Å². The number of hydrogen-bond acceptors (Lipinski definition) is 6. The van der Waals surface area contributed by atoms with Crippen LogP contribution in [-0.4, -0.2) is 73.6 Å². The van der Waals surface area contributed by atoms with Crippen LogP contribution < -0.4 is 20.1 Å². The first-order chi connectivity index (χ1) is 18.5. The molecule has 2 aromatic rings. The Morgan fingerprint density at radius 2 is 1.93 bits per heavy atom. The van der Waals surface area contributed by atoms with Crippen LogP contribution in [0.5, 0.6) is 5.75 Å². The van der Waals surface area contributed by atoms with Gasteiger partial charge in [-0.3, -0.25) is 14.4 Å². The van der Waals surface area contributed by atoms with E-state index in [1.807, 2.05) is 0 Å². The lowest BCUT2D eigenvalue weighted by molar-refractivity contribution is -0.150. The minimum absolute atomic E-state index is 0.0750. The Kier molecular flexibility index (Phi) is 7.52. The van der Waals surface area contributed by atoms with Crippen LogP contribution in [0, 0.1) is 5.82 Å². The van der Waals surface area contributed by atoms with Crippen molar-refractivity contribution in [1.82, 2.24) is 19.5 Å². The largest absolute Gasteiger partial charge is 0.488 e. The van der Waals surface area contributed by atoms with E-state index < -0.39 is 87.6 Å². The molecule has 3 N–H and O–H groups in total. The van der Waals surface area contributed by atoms with Gasteiger partial charge in [-0.2, -0.15) is 17.9 Å². The molecule has 3 heterocycles. The number of carbonyl (C=O) groups excluding carboxylic acids is 3. The average Bonchev–Trinajstić information content (AvgIpc) is 3.39. The van der Waals surface area contributed by atoms with Crippen molar-refractivity contribution in [2.24, 2.45) is 7.05 Å². The number of benzene rings is 1. The van der Waals surface area contributed by atoms with Crippen molar-refractivity contribution in [3.8, 4) is 5.75 Å². The van der Waals surface area contributed by atoms with Gasteiger partial charge in [0.05, 0.1) is 11.1 Å². The number of aryl methyl sites for hydroxylation is 1. The summed E-state index contributed by atoms with van der Waals surface area (Å²) < 4.78 is 112. The lowest BCUT2D eigenvalue weighted by Gasteiger charge is -2.27. The predicted molar refractivity (Wildman–Crippen MR) is 124 cm³/mol. The van der Waals surface area contributed by atoms with Gasteiger partial charge in [0.15, 0.2) is 11.4 Å². The van der Waals surface area contributed by atoms with Crippen molar-refractivity contribution in [2.75, 3.05) is 31.6 Å². The summed E-state index contributed by atoms with van der Waals surface area (Å²) >= 11 is 0. The molecule has 1 aromatic carbocycles. The lowest BCUT2D eigenvalue weighted by atomic mass is 10.0. The minimum atomic E-state index is -4.74. The zero-order valence-corrected chi connectivity index (χ0v) is 21.3. The molecule has 0 unspecified atom stereocenters. The Labute approximate surface area is 222 Å². The second-order valence-electron chi connectivity index (χ2n) is 9.22. The van der Waals surface area contributed by atoms with E-state index in [0.717, 1.165) is 33.9 Å². The average molecular weight is 597 g/mol. The second-order valence-corrected chi connectivity index (χ2v) is 10.9. The highest BCUT2D eigenvalue weighted by Gasteiger charge is 2.48. The van der Waals surface area contributed by atoms with E-state index in [1.54, 1.807) is 0 Å². The Balaban J connectivity index is 1.54. The topological polar surface area (TPSA) is 139 Å². The molecule has 1 aromatic heterocycles. The molecule has 1 spiro atoms. The van der Waals surface area contributed by atoms with Crippen LogP contribution in [0.3, 0.4) is 0 Å². The molecule has 3 amide bonds. The van der Waals surface area contributed by atoms with E-state index in [0.29, 0.717) is 0 Å². The van der Waals surface area contributed by atoms with Gasteiger partial charge in [0.2, 0.25) is 10.0 Å². The molecular formula is C22H21F6N5O6S. The Bertz CT molecular complexity index is 1480. The SMILES string of the molecule is Cn1cc2c(c1C(=O)Nc1ccc(F)c(C(F)F)c1)OC[C@@]1(CCN(C(=O)C(=O)NCC(F)(F)F)C1)NS2(=O)=O. The summed E-state index contributed by atoms with van der Waals surface area (Å²) in [5, 5.41) is 3.74. The van der Waals surface area contributed by atoms with Gasteiger partial charge in [-0.25, -0.2) is 21.6 Å². The summed E-state index contributed by atoms with van der Waals surface area (Å²) in [6.45, 7) is -2.78. The summed E-state index contributed by atoms with van der Waals surface area (Å²) in [5.74, 6) is -5.37. The number of sulfonamides is 1. The number of rotatable bonds is 4. The van der Waals surface area contributed by atoms with Crippen LogP contribution in [0.4, 0.5) is 32.0 Å². The number of nitrogens with one attached hydrogen (secondary N) is 3. The summed E-state index contributed by atoms with van der Waals surface area (Å²) in [6.07, 6.45) is -6.92. The fraction of sp³-hybridized carbons (Fsp3) is 0.409. The van der Waals surface area contributed by atoms with Gasteiger partial charge in [0.25, 0.3) is 12.3 Å². The zero-order chi connectivity index (χ0) is 29.6. The molecule has 0 bridgehead atoms. The maximum Gasteiger partial charge on any atom is 0.405 e. The maximum absolute atomic E-state index is 13.6. The molecule has 0 radical (unpaired) electrons. The Hall–Kier alpha value is -3.80. The Morgan fingerprint density at radius 1 is 1.23 bits per heavy atom. The number of fused-ring (bicyclic) bond motifs is 1. The Morgan fingerprint density at radius 3 is 2.58 bits per heavy atom. The van der Waals surface area contributed by atoms with E-state index >= 15 is 0 Å². The summed E-state index contributed by atoms with van der Waals surface area (Å²) in [4.78, 5) is 37.7. The second kappa shape index (κ2) is 10.3. The molecule has 1 saturated heterocycles. The molecule has 11 nitrogen and oxygen atoms in total. The molecule has 0 aliphatic carbocycles. The number of likely N-dealkylation sites (tertiary alicyclic amines) is 1. The number of carbonyl (C=O) groups is 3. The first-order valence-corrected chi connectivity index (χ1v) is 12.9. The first-order valence-electron chi connectivity index (χ1n) is 11.4. The molecular weight excluding hydrogens is 576 g/mol. The molecule has 4 rings (SSSR count). The smallest absolute Gasteiger partial charge is 0.405 e. The lowest BCUT2D eigenvalue weighted by Crippen LogP contribution is -2.54. The van der Waals surface area contributed by atoms with E-state index in [9.17, 15) is 49.1 Å². The molecule has 18 heteroatoms. The van der Waals surface area contributed by atoms with Gasteiger partial charge >= 0.3 is 18.0 Å². The van der Waals surface area contributed by atoms with Gasteiger partial charge in [0, 0.05) is 32.0 Å². The van der Waals surface area contributed by atoms with E-state index in [1.165, 1.54) is 12.4 Å². The molecule has 218 valence electrons. The van der Waals surface area contributed by atoms with Crippen molar-refractivity contribution < 1.29 is 53.9 Å². The van der Waals surface area contributed by atoms with Gasteiger partial charge in [-0.15, -0.1) is 0 Å². The number of anilines is 1. The van der Waals surface area contributed by atoms with Crippen molar-refractivity contribution in [3.05, 3.63) is 41.5 Å². The van der Waals surface area contributed by atoms with Crippen molar-refractivity contribution in [1.29, 1.82) is 0 Å². The molecule has 1 fully saturated rings. The van der Waals surface area contributed by atoms with Crippen LogP contribution in [-0.2, 0) is 26.7 Å². The normalized spacial score (nSPS) is 20.1. The van der Waals surface area contributed by atoms with Crippen LogP contribution in [0.15, 0.2) is 29.3 Å². The molecule has 2 aliphatic rings. The van der Waals surface area contributed by atoms with E-state index in [-0.39, 0.29) is 24.3 Å². The van der Waals surface area contributed by atoms with Crippen molar-refractivity contribution in [2.45, 2.75) is 29.5 Å². The number of ether oxygens (including phenoxy) is 1. The molecule has 40 heavy (non-hydrogen) atoms.